The summed E-state index contributed by atoms with van der Waals surface area (Å²) in [4.78, 5) is 18.8. The first-order valence-electron chi connectivity index (χ1n) is 11.2. The molecule has 33 heavy (non-hydrogen) atoms. The van der Waals surface area contributed by atoms with Crippen molar-refractivity contribution in [2.24, 2.45) is 0 Å². The summed E-state index contributed by atoms with van der Waals surface area (Å²) in [7, 11) is 2.15. The molecule has 0 atom stereocenters. The van der Waals surface area contributed by atoms with E-state index < -0.39 is 0 Å². The van der Waals surface area contributed by atoms with E-state index in [1.54, 1.807) is 0 Å². The number of benzene rings is 1. The molecule has 0 amide bonds. The molecule has 8 heteroatoms. The minimum Gasteiger partial charge on any atom is -0.354 e. The second-order valence-corrected chi connectivity index (χ2v) is 8.51. The molecule has 1 saturated heterocycles. The lowest BCUT2D eigenvalue weighted by Crippen LogP contribution is -2.44. The number of pyridine rings is 1. The van der Waals surface area contributed by atoms with Gasteiger partial charge in [0.25, 0.3) is 0 Å². The number of aryl methyl sites for hydroxylation is 2. The number of likely N-dealkylation sites (N-methyl/N-ethyl adjacent to an activating group) is 1. The number of aromatic amines is 1. The third-order valence-electron chi connectivity index (χ3n) is 5.88. The van der Waals surface area contributed by atoms with Gasteiger partial charge in [-0.3, -0.25) is 5.10 Å². The largest absolute Gasteiger partial charge is 0.354 e. The Kier molecular flexibility index (Phi) is 5.75. The Morgan fingerprint density at radius 1 is 0.939 bits per heavy atom. The first-order valence-corrected chi connectivity index (χ1v) is 11.2. The van der Waals surface area contributed by atoms with Crippen LogP contribution in [0.25, 0.3) is 23.2 Å². The molecule has 1 aliphatic heterocycles. The fourth-order valence-corrected chi connectivity index (χ4v) is 4.12. The molecule has 5 rings (SSSR count). The van der Waals surface area contributed by atoms with Gasteiger partial charge in [0.1, 0.15) is 11.6 Å². The minimum absolute atomic E-state index is 0.656. The lowest BCUT2D eigenvalue weighted by Gasteiger charge is -2.33. The Morgan fingerprint density at radius 3 is 2.52 bits per heavy atom. The number of nitrogens with zero attached hydrogens (tertiary/aromatic N) is 6. The van der Waals surface area contributed by atoms with Crippen molar-refractivity contribution < 1.29 is 0 Å². The number of anilines is 3. The van der Waals surface area contributed by atoms with Crippen LogP contribution in [0.4, 0.5) is 17.5 Å². The van der Waals surface area contributed by atoms with E-state index in [1.807, 2.05) is 43.3 Å². The van der Waals surface area contributed by atoms with Crippen LogP contribution < -0.4 is 10.2 Å². The number of hydrogen-bond donors (Lipinski definition) is 2. The van der Waals surface area contributed by atoms with Crippen LogP contribution in [-0.2, 0) is 0 Å². The molecule has 2 N–H and O–H groups in total. The zero-order valence-electron chi connectivity index (χ0n) is 19.2. The van der Waals surface area contributed by atoms with Crippen LogP contribution in [0.5, 0.6) is 0 Å². The third kappa shape index (κ3) is 4.70. The summed E-state index contributed by atoms with van der Waals surface area (Å²) in [6.07, 6.45) is 3.99. The molecule has 168 valence electrons. The Balaban J connectivity index is 1.50. The van der Waals surface area contributed by atoms with Gasteiger partial charge in [0.05, 0.1) is 5.39 Å². The number of H-pyrrole nitrogens is 1. The van der Waals surface area contributed by atoms with Crippen molar-refractivity contribution in [2.45, 2.75) is 13.8 Å². The van der Waals surface area contributed by atoms with Crippen molar-refractivity contribution >= 4 is 40.6 Å². The normalized spacial score (nSPS) is 14.9. The quantitative estimate of drug-likeness (QED) is 0.485. The van der Waals surface area contributed by atoms with Gasteiger partial charge in [0, 0.05) is 37.9 Å². The van der Waals surface area contributed by atoms with E-state index >= 15 is 0 Å². The molecule has 0 saturated carbocycles. The Morgan fingerprint density at radius 2 is 1.73 bits per heavy atom. The number of piperazine rings is 1. The van der Waals surface area contributed by atoms with E-state index in [2.05, 4.69) is 62.5 Å². The van der Waals surface area contributed by atoms with E-state index in [9.17, 15) is 0 Å². The zero-order chi connectivity index (χ0) is 22.8. The average molecular weight is 441 g/mol. The molecule has 8 nitrogen and oxygen atoms in total. The van der Waals surface area contributed by atoms with Crippen molar-refractivity contribution in [3.63, 3.8) is 0 Å². The standard InChI is InChI=1S/C25H28N8/c1-17-15-18(2)26-24-23(17)25(31-30-24)29-21-16-22(33-13-11-32(3)12-14-33)28-20(27-21)10-9-19-7-5-4-6-8-19/h4-10,15-16H,11-14H2,1-3H3,(H2,26,27,28,29,30,31). The monoisotopic (exact) mass is 440 g/mol. The highest BCUT2D eigenvalue weighted by Crippen LogP contribution is 2.27. The highest BCUT2D eigenvalue weighted by molar-refractivity contribution is 5.91. The predicted molar refractivity (Wildman–Crippen MR) is 134 cm³/mol. The van der Waals surface area contributed by atoms with Crippen molar-refractivity contribution in [1.29, 1.82) is 0 Å². The number of aromatic nitrogens is 5. The molecule has 1 aromatic carbocycles. The molecule has 1 aliphatic rings. The molecule has 0 aliphatic carbocycles. The van der Waals surface area contributed by atoms with Crippen molar-refractivity contribution in [3.05, 3.63) is 65.1 Å². The lowest BCUT2D eigenvalue weighted by molar-refractivity contribution is 0.312. The van der Waals surface area contributed by atoms with Crippen LogP contribution >= 0.6 is 0 Å². The number of fused-ring (bicyclic) bond motifs is 1. The smallest absolute Gasteiger partial charge is 0.163 e. The Hall–Kier alpha value is -3.78. The van der Waals surface area contributed by atoms with Gasteiger partial charge in [0.2, 0.25) is 0 Å². The van der Waals surface area contributed by atoms with Crippen molar-refractivity contribution in [3.8, 4) is 0 Å². The molecule has 0 spiro atoms. The van der Waals surface area contributed by atoms with Gasteiger partial charge < -0.3 is 15.1 Å². The van der Waals surface area contributed by atoms with E-state index in [4.69, 9.17) is 9.97 Å². The molecule has 4 aromatic rings. The Bertz CT molecular complexity index is 1290. The number of rotatable bonds is 5. The molecule has 0 bridgehead atoms. The summed E-state index contributed by atoms with van der Waals surface area (Å²) in [5, 5.41) is 11.9. The molecule has 4 heterocycles. The first-order chi connectivity index (χ1) is 16.0. The van der Waals surface area contributed by atoms with Crippen LogP contribution in [0.1, 0.15) is 22.6 Å². The van der Waals surface area contributed by atoms with Crippen LogP contribution in [0.15, 0.2) is 42.5 Å². The summed E-state index contributed by atoms with van der Waals surface area (Å²) < 4.78 is 0. The highest BCUT2D eigenvalue weighted by atomic mass is 15.3. The lowest BCUT2D eigenvalue weighted by atomic mass is 10.2. The van der Waals surface area contributed by atoms with E-state index in [0.29, 0.717) is 11.6 Å². The van der Waals surface area contributed by atoms with E-state index in [0.717, 1.165) is 65.7 Å². The van der Waals surface area contributed by atoms with Gasteiger partial charge in [-0.25, -0.2) is 15.0 Å². The number of hydrogen-bond acceptors (Lipinski definition) is 7. The maximum atomic E-state index is 4.85. The predicted octanol–water partition coefficient (Wildman–Crippen LogP) is 4.03. The highest BCUT2D eigenvalue weighted by Gasteiger charge is 2.18. The molecular formula is C25H28N8. The van der Waals surface area contributed by atoms with Crippen LogP contribution in [0.3, 0.4) is 0 Å². The average Bonchev–Trinajstić information content (AvgIpc) is 3.21. The topological polar surface area (TPSA) is 85.9 Å². The van der Waals surface area contributed by atoms with Gasteiger partial charge in [-0.2, -0.15) is 5.10 Å². The van der Waals surface area contributed by atoms with Crippen LogP contribution in [-0.4, -0.2) is 63.3 Å². The van der Waals surface area contributed by atoms with Crippen LogP contribution in [0, 0.1) is 13.8 Å². The summed E-state index contributed by atoms with van der Waals surface area (Å²) in [5.74, 6) is 3.00. The van der Waals surface area contributed by atoms with Gasteiger partial charge in [-0.1, -0.05) is 36.4 Å². The van der Waals surface area contributed by atoms with Crippen molar-refractivity contribution in [1.82, 2.24) is 30.0 Å². The second kappa shape index (κ2) is 8.99. The van der Waals surface area contributed by atoms with Gasteiger partial charge in [-0.05, 0) is 44.2 Å². The summed E-state index contributed by atoms with van der Waals surface area (Å²) >= 11 is 0. The van der Waals surface area contributed by atoms with Gasteiger partial charge in [0.15, 0.2) is 17.3 Å². The molecule has 1 fully saturated rings. The summed E-state index contributed by atoms with van der Waals surface area (Å²) in [5.41, 5.74) is 3.96. The third-order valence-corrected chi connectivity index (χ3v) is 5.88. The second-order valence-electron chi connectivity index (χ2n) is 8.51. The first kappa shape index (κ1) is 21.1. The molecule has 0 radical (unpaired) electrons. The van der Waals surface area contributed by atoms with Crippen molar-refractivity contribution in [2.75, 3.05) is 43.4 Å². The fraction of sp³-hybridized carbons (Fsp3) is 0.280. The Labute approximate surface area is 193 Å². The zero-order valence-corrected chi connectivity index (χ0v) is 19.2. The SMILES string of the molecule is Cc1cc(C)c2c(Nc3cc(N4CCN(C)CC4)nc(C=Cc4ccccc4)n3)n[nH]c2n1. The maximum absolute atomic E-state index is 4.85. The van der Waals surface area contributed by atoms with Gasteiger partial charge in [-0.15, -0.1) is 0 Å². The van der Waals surface area contributed by atoms with E-state index in [1.165, 1.54) is 0 Å². The molecular weight excluding hydrogens is 412 g/mol. The molecule has 0 unspecified atom stereocenters. The summed E-state index contributed by atoms with van der Waals surface area (Å²) in [6.45, 7) is 7.94. The fourth-order valence-electron chi connectivity index (χ4n) is 4.12. The maximum Gasteiger partial charge on any atom is 0.163 e. The number of nitrogens with one attached hydrogen (secondary N) is 2. The van der Waals surface area contributed by atoms with Gasteiger partial charge >= 0.3 is 0 Å². The summed E-state index contributed by atoms with van der Waals surface area (Å²) in [6, 6.07) is 14.2. The minimum atomic E-state index is 0.656. The van der Waals surface area contributed by atoms with Crippen LogP contribution in [0.2, 0.25) is 0 Å². The van der Waals surface area contributed by atoms with E-state index in [-0.39, 0.29) is 0 Å². The molecule has 3 aromatic heterocycles.